The third kappa shape index (κ3) is 7.83. The Kier molecular flexibility index (Phi) is 10.4. The molecule has 1 aliphatic heterocycles. The molecule has 32 heavy (non-hydrogen) atoms. The molecule has 0 atom stereocenters. The summed E-state index contributed by atoms with van der Waals surface area (Å²) >= 11 is 0. The number of hydrogen-bond donors (Lipinski definition) is 2. The average molecular weight is 442 g/mol. The second kappa shape index (κ2) is 13.5. The van der Waals surface area contributed by atoms with Gasteiger partial charge in [-0.3, -0.25) is 9.59 Å². The molecule has 1 aromatic carbocycles. The number of hydrogen-bond acceptors (Lipinski definition) is 3. The van der Waals surface area contributed by atoms with Crippen molar-refractivity contribution < 1.29 is 9.59 Å². The minimum absolute atomic E-state index is 0.00183. The van der Waals surface area contributed by atoms with Gasteiger partial charge in [-0.2, -0.15) is 0 Å². The molecule has 178 valence electrons. The summed E-state index contributed by atoms with van der Waals surface area (Å²) in [4.78, 5) is 28.0. The Balaban J connectivity index is 1.57. The number of carbonyl (C=O) groups is 2. The van der Waals surface area contributed by atoms with E-state index in [4.69, 9.17) is 0 Å². The number of anilines is 2. The quantitative estimate of drug-likeness (QED) is 0.367. The van der Waals surface area contributed by atoms with Gasteiger partial charge in [0.25, 0.3) is 5.91 Å². The number of amides is 2. The topological polar surface area (TPSA) is 61.4 Å². The highest BCUT2D eigenvalue weighted by molar-refractivity contribution is 6.02. The zero-order chi connectivity index (χ0) is 22.6. The molecule has 2 aliphatic rings. The normalized spacial score (nSPS) is 16.8. The molecule has 1 saturated carbocycles. The highest BCUT2D eigenvalue weighted by atomic mass is 16.2. The van der Waals surface area contributed by atoms with E-state index in [9.17, 15) is 9.59 Å². The molecule has 0 radical (unpaired) electrons. The Morgan fingerprint density at radius 1 is 0.906 bits per heavy atom. The van der Waals surface area contributed by atoms with Crippen molar-refractivity contribution in [3.63, 3.8) is 0 Å². The van der Waals surface area contributed by atoms with E-state index in [1.54, 1.807) is 0 Å². The predicted octanol–water partition coefficient (Wildman–Crippen LogP) is 6.43. The largest absolute Gasteiger partial charge is 0.371 e. The van der Waals surface area contributed by atoms with Gasteiger partial charge in [-0.25, -0.2) is 0 Å². The predicted molar refractivity (Wildman–Crippen MR) is 133 cm³/mol. The zero-order valence-electron chi connectivity index (χ0n) is 20.1. The molecule has 1 saturated heterocycles. The molecule has 3 rings (SSSR count). The number of benzene rings is 1. The highest BCUT2D eigenvalue weighted by Gasteiger charge is 2.23. The van der Waals surface area contributed by atoms with E-state index in [0.717, 1.165) is 50.1 Å². The summed E-state index contributed by atoms with van der Waals surface area (Å²) in [5, 5.41) is 6.30. The summed E-state index contributed by atoms with van der Waals surface area (Å²) in [6.45, 7) is 4.22. The SMILES string of the molecule is CCCCCCCCCC(=O)Nc1ccc(N2CCCC2)c(C(=O)NC2CCCCC2)c1. The van der Waals surface area contributed by atoms with Gasteiger partial charge in [-0.05, 0) is 50.3 Å². The number of carbonyl (C=O) groups excluding carboxylic acids is 2. The molecule has 2 amide bonds. The fraction of sp³-hybridized carbons (Fsp3) is 0.704. The Labute approximate surface area is 194 Å². The van der Waals surface area contributed by atoms with Gasteiger partial charge in [0.05, 0.1) is 5.56 Å². The molecule has 1 aliphatic carbocycles. The number of nitrogens with zero attached hydrogens (tertiary/aromatic N) is 1. The van der Waals surface area contributed by atoms with Crippen LogP contribution in [0, 0.1) is 0 Å². The van der Waals surface area contributed by atoms with Crippen molar-refractivity contribution in [2.75, 3.05) is 23.3 Å². The maximum atomic E-state index is 13.2. The first-order valence-corrected chi connectivity index (χ1v) is 13.2. The van der Waals surface area contributed by atoms with Crippen LogP contribution in [0.3, 0.4) is 0 Å². The second-order valence-electron chi connectivity index (χ2n) is 9.65. The van der Waals surface area contributed by atoms with Crippen molar-refractivity contribution >= 4 is 23.2 Å². The van der Waals surface area contributed by atoms with Crippen LogP contribution in [-0.2, 0) is 4.79 Å². The summed E-state index contributed by atoms with van der Waals surface area (Å²) < 4.78 is 0. The second-order valence-corrected chi connectivity index (χ2v) is 9.65. The molecule has 2 N–H and O–H groups in total. The van der Waals surface area contributed by atoms with Gasteiger partial charge in [0.1, 0.15) is 0 Å². The van der Waals surface area contributed by atoms with Crippen LogP contribution in [0.15, 0.2) is 18.2 Å². The maximum absolute atomic E-state index is 13.2. The molecule has 0 bridgehead atoms. The van der Waals surface area contributed by atoms with Crippen LogP contribution in [0.25, 0.3) is 0 Å². The van der Waals surface area contributed by atoms with Crippen LogP contribution in [0.5, 0.6) is 0 Å². The van der Waals surface area contributed by atoms with Gasteiger partial charge in [0, 0.05) is 36.9 Å². The molecule has 1 aromatic rings. The molecule has 5 heteroatoms. The first-order valence-electron chi connectivity index (χ1n) is 13.2. The third-order valence-electron chi connectivity index (χ3n) is 6.92. The van der Waals surface area contributed by atoms with Crippen molar-refractivity contribution in [3.8, 4) is 0 Å². The number of nitrogens with one attached hydrogen (secondary N) is 2. The third-order valence-corrected chi connectivity index (χ3v) is 6.92. The molecule has 5 nitrogen and oxygen atoms in total. The zero-order valence-corrected chi connectivity index (χ0v) is 20.1. The molecule has 2 fully saturated rings. The highest BCUT2D eigenvalue weighted by Crippen LogP contribution is 2.28. The summed E-state index contributed by atoms with van der Waals surface area (Å²) in [6.07, 6.45) is 17.1. The Morgan fingerprint density at radius 2 is 1.59 bits per heavy atom. The Bertz CT molecular complexity index is 722. The molecule has 1 heterocycles. The monoisotopic (exact) mass is 441 g/mol. The van der Waals surface area contributed by atoms with Crippen molar-refractivity contribution in [2.24, 2.45) is 0 Å². The van der Waals surface area contributed by atoms with E-state index in [1.807, 2.05) is 18.2 Å². The van der Waals surface area contributed by atoms with E-state index in [1.165, 1.54) is 64.2 Å². The van der Waals surface area contributed by atoms with E-state index < -0.39 is 0 Å². The van der Waals surface area contributed by atoms with E-state index in [2.05, 4.69) is 22.5 Å². The molecule has 0 unspecified atom stereocenters. The van der Waals surface area contributed by atoms with Crippen molar-refractivity contribution in [1.29, 1.82) is 0 Å². The van der Waals surface area contributed by atoms with Gasteiger partial charge in [0.2, 0.25) is 5.91 Å². The van der Waals surface area contributed by atoms with E-state index >= 15 is 0 Å². The van der Waals surface area contributed by atoms with Gasteiger partial charge >= 0.3 is 0 Å². The maximum Gasteiger partial charge on any atom is 0.253 e. The lowest BCUT2D eigenvalue weighted by Gasteiger charge is -2.25. The van der Waals surface area contributed by atoms with Crippen LogP contribution in [-0.4, -0.2) is 30.9 Å². The molecular formula is C27H43N3O2. The van der Waals surface area contributed by atoms with Gasteiger partial charge < -0.3 is 15.5 Å². The van der Waals surface area contributed by atoms with Crippen LogP contribution < -0.4 is 15.5 Å². The Hall–Kier alpha value is -2.04. The smallest absolute Gasteiger partial charge is 0.253 e. The summed E-state index contributed by atoms with van der Waals surface area (Å²) in [7, 11) is 0. The molecule has 0 aromatic heterocycles. The van der Waals surface area contributed by atoms with Crippen LogP contribution in [0.1, 0.15) is 114 Å². The van der Waals surface area contributed by atoms with Crippen molar-refractivity contribution in [2.45, 2.75) is 109 Å². The van der Waals surface area contributed by atoms with Crippen LogP contribution >= 0.6 is 0 Å². The summed E-state index contributed by atoms with van der Waals surface area (Å²) in [5.74, 6) is 0.0492. The minimum atomic E-state index is 0.00183. The van der Waals surface area contributed by atoms with E-state index in [0.29, 0.717) is 12.0 Å². The van der Waals surface area contributed by atoms with Crippen molar-refractivity contribution in [1.82, 2.24) is 5.32 Å². The fourth-order valence-corrected chi connectivity index (χ4v) is 5.01. The first-order chi connectivity index (χ1) is 15.7. The van der Waals surface area contributed by atoms with Gasteiger partial charge in [0.15, 0.2) is 0 Å². The molecular weight excluding hydrogens is 398 g/mol. The number of unbranched alkanes of at least 4 members (excludes halogenated alkanes) is 6. The van der Waals surface area contributed by atoms with Crippen molar-refractivity contribution in [3.05, 3.63) is 23.8 Å². The summed E-state index contributed by atoms with van der Waals surface area (Å²) in [6, 6.07) is 6.13. The average Bonchev–Trinajstić information content (AvgIpc) is 3.34. The lowest BCUT2D eigenvalue weighted by Crippen LogP contribution is -2.37. The Morgan fingerprint density at radius 3 is 2.31 bits per heavy atom. The lowest BCUT2D eigenvalue weighted by atomic mass is 9.95. The summed E-state index contributed by atoms with van der Waals surface area (Å²) in [5.41, 5.74) is 2.43. The standard InChI is InChI=1S/C27H43N3O2/c1-2-3-4-5-6-7-11-16-26(31)28-23-17-18-25(30-19-12-13-20-30)24(21-23)27(32)29-22-14-9-8-10-15-22/h17-18,21-22H,2-16,19-20H2,1H3,(H,28,31)(H,29,32). The van der Waals surface area contributed by atoms with Crippen LogP contribution in [0.2, 0.25) is 0 Å². The minimum Gasteiger partial charge on any atom is -0.371 e. The first kappa shape index (κ1) is 24.6. The van der Waals surface area contributed by atoms with Crippen LogP contribution in [0.4, 0.5) is 11.4 Å². The molecule has 0 spiro atoms. The lowest BCUT2D eigenvalue weighted by molar-refractivity contribution is -0.116. The number of rotatable bonds is 12. The fourth-order valence-electron chi connectivity index (χ4n) is 5.01. The van der Waals surface area contributed by atoms with E-state index in [-0.39, 0.29) is 17.9 Å². The van der Waals surface area contributed by atoms with Gasteiger partial charge in [-0.15, -0.1) is 0 Å². The van der Waals surface area contributed by atoms with Gasteiger partial charge in [-0.1, -0.05) is 64.7 Å².